The van der Waals surface area contributed by atoms with Crippen LogP contribution >= 0.6 is 34.8 Å². The molecule has 2 rings (SSSR count). The fourth-order valence-corrected chi connectivity index (χ4v) is 2.05. The molecule has 0 aromatic heterocycles. The van der Waals surface area contributed by atoms with Crippen LogP contribution in [0.15, 0.2) is 36.4 Å². The van der Waals surface area contributed by atoms with Crippen LogP contribution in [-0.4, -0.2) is 17.0 Å². The van der Waals surface area contributed by atoms with E-state index in [1.807, 2.05) is 0 Å². The van der Waals surface area contributed by atoms with Crippen molar-refractivity contribution >= 4 is 52.4 Å². The van der Waals surface area contributed by atoms with Crippen LogP contribution in [0.2, 0.25) is 15.1 Å². The summed E-state index contributed by atoms with van der Waals surface area (Å²) < 4.78 is 0. The van der Waals surface area contributed by atoms with E-state index in [9.17, 15) is 9.59 Å². The molecule has 0 aliphatic rings. The molecule has 0 fully saturated rings. The van der Waals surface area contributed by atoms with Crippen molar-refractivity contribution in [1.29, 1.82) is 0 Å². The van der Waals surface area contributed by atoms with Gasteiger partial charge in [0.25, 0.3) is 5.91 Å². The molecule has 0 unspecified atom stereocenters. The Hall–Kier alpha value is -1.75. The molecule has 21 heavy (non-hydrogen) atoms. The first-order chi connectivity index (χ1) is 9.88. The van der Waals surface area contributed by atoms with E-state index in [0.29, 0.717) is 5.02 Å². The zero-order valence-electron chi connectivity index (χ0n) is 10.4. The molecule has 2 aromatic rings. The van der Waals surface area contributed by atoms with Gasteiger partial charge >= 0.3 is 5.97 Å². The number of nitrogens with one attached hydrogen (secondary N) is 1. The van der Waals surface area contributed by atoms with Gasteiger partial charge in [-0.3, -0.25) is 4.79 Å². The van der Waals surface area contributed by atoms with Gasteiger partial charge in [-0.15, -0.1) is 0 Å². The number of carboxylic acids is 1. The van der Waals surface area contributed by atoms with Crippen molar-refractivity contribution in [3.8, 4) is 0 Å². The molecular weight excluding hydrogens is 337 g/mol. The monoisotopic (exact) mass is 343 g/mol. The van der Waals surface area contributed by atoms with Gasteiger partial charge in [0, 0.05) is 5.56 Å². The number of aromatic carboxylic acids is 1. The van der Waals surface area contributed by atoms with Crippen molar-refractivity contribution < 1.29 is 14.7 Å². The summed E-state index contributed by atoms with van der Waals surface area (Å²) in [5.41, 5.74) is 0.498. The third-order valence-corrected chi connectivity index (χ3v) is 3.71. The number of carbonyl (C=O) groups excluding carboxylic acids is 1. The second-order valence-electron chi connectivity index (χ2n) is 4.08. The van der Waals surface area contributed by atoms with Crippen molar-refractivity contribution in [3.63, 3.8) is 0 Å². The number of rotatable bonds is 3. The molecule has 0 saturated heterocycles. The smallest absolute Gasteiger partial charge is 0.335 e. The van der Waals surface area contributed by atoms with Crippen LogP contribution in [0.1, 0.15) is 20.7 Å². The molecule has 0 bridgehead atoms. The topological polar surface area (TPSA) is 66.4 Å². The van der Waals surface area contributed by atoms with Crippen LogP contribution in [0.25, 0.3) is 0 Å². The van der Waals surface area contributed by atoms with Gasteiger partial charge < -0.3 is 10.4 Å². The Balaban J connectivity index is 2.28. The minimum atomic E-state index is -1.11. The Labute approximate surface area is 135 Å². The lowest BCUT2D eigenvalue weighted by molar-refractivity contribution is 0.0696. The SMILES string of the molecule is O=C(O)c1ccc(Cl)c(NC(=O)c2ccc(Cl)c(Cl)c2)c1. The summed E-state index contributed by atoms with van der Waals surface area (Å²) in [6.07, 6.45) is 0. The fraction of sp³-hybridized carbons (Fsp3) is 0. The predicted molar refractivity (Wildman–Crippen MR) is 82.8 cm³/mol. The Morgan fingerprint density at radius 1 is 0.857 bits per heavy atom. The fourth-order valence-electron chi connectivity index (χ4n) is 1.59. The maximum absolute atomic E-state index is 12.1. The summed E-state index contributed by atoms with van der Waals surface area (Å²) in [5, 5.41) is 12.3. The zero-order chi connectivity index (χ0) is 15.6. The highest BCUT2D eigenvalue weighted by Crippen LogP contribution is 2.26. The van der Waals surface area contributed by atoms with Gasteiger partial charge in [-0.2, -0.15) is 0 Å². The zero-order valence-corrected chi connectivity index (χ0v) is 12.6. The summed E-state index contributed by atoms with van der Waals surface area (Å²) in [7, 11) is 0. The molecule has 0 heterocycles. The molecule has 0 aliphatic heterocycles. The Morgan fingerprint density at radius 2 is 1.48 bits per heavy atom. The van der Waals surface area contributed by atoms with E-state index < -0.39 is 11.9 Å². The standard InChI is InChI=1S/C14H8Cl3NO3/c15-9-3-1-7(5-11(9)17)13(19)18-12-6-8(14(20)21)2-4-10(12)16/h1-6H,(H,18,19)(H,20,21). The summed E-state index contributed by atoms with van der Waals surface area (Å²) >= 11 is 17.6. The van der Waals surface area contributed by atoms with E-state index in [0.717, 1.165) is 0 Å². The molecule has 0 atom stereocenters. The molecule has 7 heteroatoms. The third kappa shape index (κ3) is 3.67. The van der Waals surface area contributed by atoms with Gasteiger partial charge in [-0.1, -0.05) is 34.8 Å². The Kier molecular flexibility index (Phi) is 4.73. The lowest BCUT2D eigenvalue weighted by Crippen LogP contribution is -2.12. The second-order valence-corrected chi connectivity index (χ2v) is 5.30. The molecule has 0 spiro atoms. The lowest BCUT2D eigenvalue weighted by Gasteiger charge is -2.09. The first-order valence-electron chi connectivity index (χ1n) is 5.67. The molecule has 2 N–H and O–H groups in total. The minimum Gasteiger partial charge on any atom is -0.478 e. The normalized spacial score (nSPS) is 10.2. The number of halogens is 3. The van der Waals surface area contributed by atoms with Gasteiger partial charge in [0.1, 0.15) is 0 Å². The van der Waals surface area contributed by atoms with E-state index in [1.54, 1.807) is 0 Å². The van der Waals surface area contributed by atoms with Gasteiger partial charge in [0.2, 0.25) is 0 Å². The summed E-state index contributed by atoms with van der Waals surface area (Å²) in [6.45, 7) is 0. The first kappa shape index (κ1) is 15.6. The number of amides is 1. The molecule has 0 saturated carbocycles. The first-order valence-corrected chi connectivity index (χ1v) is 6.81. The quantitative estimate of drug-likeness (QED) is 0.855. The van der Waals surface area contributed by atoms with E-state index in [-0.39, 0.29) is 26.9 Å². The number of anilines is 1. The largest absolute Gasteiger partial charge is 0.478 e. The number of benzene rings is 2. The van der Waals surface area contributed by atoms with Crippen molar-refractivity contribution in [3.05, 3.63) is 62.6 Å². The van der Waals surface area contributed by atoms with Gasteiger partial charge in [0.15, 0.2) is 0 Å². The number of carboxylic acid groups (broad SMARTS) is 1. The molecule has 0 aliphatic carbocycles. The lowest BCUT2D eigenvalue weighted by atomic mass is 10.1. The summed E-state index contributed by atoms with van der Waals surface area (Å²) in [4.78, 5) is 23.0. The Morgan fingerprint density at radius 3 is 2.10 bits per heavy atom. The van der Waals surface area contributed by atoms with Crippen LogP contribution < -0.4 is 5.32 Å². The van der Waals surface area contributed by atoms with Gasteiger partial charge in [-0.25, -0.2) is 4.79 Å². The maximum Gasteiger partial charge on any atom is 0.335 e. The van der Waals surface area contributed by atoms with Crippen LogP contribution in [0, 0.1) is 0 Å². The van der Waals surface area contributed by atoms with Crippen LogP contribution in [0.5, 0.6) is 0 Å². The van der Waals surface area contributed by atoms with Crippen molar-refractivity contribution in [2.45, 2.75) is 0 Å². The summed E-state index contributed by atoms with van der Waals surface area (Å²) in [6, 6.07) is 8.43. The van der Waals surface area contributed by atoms with E-state index in [2.05, 4.69) is 5.32 Å². The number of hydrogen-bond donors (Lipinski definition) is 2. The van der Waals surface area contributed by atoms with E-state index in [4.69, 9.17) is 39.9 Å². The average molecular weight is 345 g/mol. The van der Waals surface area contributed by atoms with E-state index >= 15 is 0 Å². The average Bonchev–Trinajstić information content (AvgIpc) is 2.43. The molecular formula is C14H8Cl3NO3. The summed E-state index contributed by atoms with van der Waals surface area (Å²) in [5.74, 6) is -1.59. The van der Waals surface area contributed by atoms with E-state index in [1.165, 1.54) is 36.4 Å². The van der Waals surface area contributed by atoms with Crippen LogP contribution in [-0.2, 0) is 0 Å². The highest BCUT2D eigenvalue weighted by molar-refractivity contribution is 6.42. The minimum absolute atomic E-state index is 0.0174. The van der Waals surface area contributed by atoms with Crippen molar-refractivity contribution in [1.82, 2.24) is 0 Å². The van der Waals surface area contributed by atoms with Gasteiger partial charge in [-0.05, 0) is 36.4 Å². The molecule has 0 radical (unpaired) electrons. The molecule has 4 nitrogen and oxygen atoms in total. The molecule has 108 valence electrons. The highest BCUT2D eigenvalue weighted by Gasteiger charge is 2.12. The Bertz CT molecular complexity index is 731. The van der Waals surface area contributed by atoms with Gasteiger partial charge in [0.05, 0.1) is 26.3 Å². The third-order valence-electron chi connectivity index (χ3n) is 2.64. The molecule has 1 amide bonds. The van der Waals surface area contributed by atoms with Crippen molar-refractivity contribution in [2.75, 3.05) is 5.32 Å². The maximum atomic E-state index is 12.1. The number of hydrogen-bond acceptors (Lipinski definition) is 2. The predicted octanol–water partition coefficient (Wildman–Crippen LogP) is 4.60. The van der Waals surface area contributed by atoms with Crippen LogP contribution in [0.3, 0.4) is 0 Å². The van der Waals surface area contributed by atoms with Crippen molar-refractivity contribution in [2.24, 2.45) is 0 Å². The highest BCUT2D eigenvalue weighted by atomic mass is 35.5. The van der Waals surface area contributed by atoms with Crippen LogP contribution in [0.4, 0.5) is 5.69 Å². The molecule has 2 aromatic carbocycles. The second kappa shape index (κ2) is 6.35. The number of carbonyl (C=O) groups is 2.